The Balaban J connectivity index is 1.30. The van der Waals surface area contributed by atoms with Crippen LogP contribution in [0.4, 0.5) is 34.1 Å². The number of aryl methyl sites for hydroxylation is 3. The summed E-state index contributed by atoms with van der Waals surface area (Å²) < 4.78 is 0. The molecule has 62 heavy (non-hydrogen) atoms. The quantitative estimate of drug-likeness (QED) is 0.134. The molecule has 0 saturated heterocycles. The summed E-state index contributed by atoms with van der Waals surface area (Å²) in [4.78, 5) is 4.90. The first-order valence-corrected chi connectivity index (χ1v) is 25.3. The topological polar surface area (TPSA) is 6.48 Å². The summed E-state index contributed by atoms with van der Waals surface area (Å²) in [6.07, 6.45) is 0. The Morgan fingerprint density at radius 3 is 1.27 bits per heavy atom. The van der Waals surface area contributed by atoms with Crippen LogP contribution in [-0.4, -0.2) is 8.07 Å². The molecule has 0 spiro atoms. The molecule has 0 radical (unpaired) electrons. The van der Waals surface area contributed by atoms with Crippen LogP contribution in [0, 0.1) is 20.8 Å². The highest BCUT2D eigenvalue weighted by atomic mass is 28.3. The average Bonchev–Trinajstić information content (AvgIpc) is 3.59. The Hall–Kier alpha value is -6.94. The first-order valence-electron chi connectivity index (χ1n) is 21.8. The van der Waals surface area contributed by atoms with Gasteiger partial charge in [0.1, 0.15) is 0 Å². The largest absolute Gasteiger partial charge is 0.310 e. The van der Waals surface area contributed by atoms with Crippen molar-refractivity contribution in [2.45, 2.75) is 45.8 Å². The van der Waals surface area contributed by atoms with Gasteiger partial charge in [-0.1, -0.05) is 181 Å². The summed E-state index contributed by atoms with van der Waals surface area (Å²) in [5.74, 6) is 0. The van der Waals surface area contributed by atoms with Gasteiger partial charge in [-0.3, -0.25) is 0 Å². The van der Waals surface area contributed by atoms with E-state index < -0.39 is 13.5 Å². The summed E-state index contributed by atoms with van der Waals surface area (Å²) >= 11 is 0. The standard InChI is InChI=1S/C59H52N2Si/c1-41-21-27-46(28-22-41)60(47-33-36-51(37-34-47)62(4,5)6)50-35-38-54-55(39-50)59(44-15-9-7-10-16-44,45-17-11-8-12-18-45)56-40-57(52-19-13-14-20-53(52)58(54)56)61(48-29-23-42(2)24-30-48)49-31-25-43(3)26-32-49/h7-40H,1-6H3. The van der Waals surface area contributed by atoms with Crippen LogP contribution in [0.25, 0.3) is 21.9 Å². The molecule has 0 heterocycles. The zero-order valence-electron chi connectivity index (χ0n) is 36.5. The van der Waals surface area contributed by atoms with E-state index in [9.17, 15) is 0 Å². The number of hydrogen-bond acceptors (Lipinski definition) is 2. The van der Waals surface area contributed by atoms with Gasteiger partial charge in [-0.05, 0) is 126 Å². The molecule has 9 aromatic carbocycles. The SMILES string of the molecule is Cc1ccc(N(c2ccc([Si](C)(C)C)cc2)c2ccc3c(c2)C(c2ccccc2)(c2ccccc2)c2cc(N(c4ccc(C)cc4)c4ccc(C)cc4)c4ccccc4c2-3)cc1. The minimum atomic E-state index is -1.51. The molecule has 9 aromatic rings. The van der Waals surface area contributed by atoms with Gasteiger partial charge in [0.25, 0.3) is 0 Å². The van der Waals surface area contributed by atoms with Crippen molar-refractivity contribution in [2.24, 2.45) is 0 Å². The van der Waals surface area contributed by atoms with Crippen LogP contribution in [0.3, 0.4) is 0 Å². The van der Waals surface area contributed by atoms with Crippen molar-refractivity contribution in [3.05, 3.63) is 245 Å². The molecule has 0 aromatic heterocycles. The monoisotopic (exact) mass is 816 g/mol. The van der Waals surface area contributed by atoms with Gasteiger partial charge in [0.05, 0.1) is 19.2 Å². The predicted molar refractivity (Wildman–Crippen MR) is 268 cm³/mol. The lowest BCUT2D eigenvalue weighted by Crippen LogP contribution is -2.37. The van der Waals surface area contributed by atoms with Crippen molar-refractivity contribution < 1.29 is 0 Å². The second-order valence-electron chi connectivity index (χ2n) is 18.1. The summed E-state index contributed by atoms with van der Waals surface area (Å²) in [5, 5.41) is 3.90. The zero-order valence-corrected chi connectivity index (χ0v) is 37.5. The molecule has 302 valence electrons. The zero-order chi connectivity index (χ0) is 42.6. The third-order valence-corrected chi connectivity index (χ3v) is 14.9. The number of hydrogen-bond donors (Lipinski definition) is 0. The van der Waals surface area contributed by atoms with E-state index in [0.29, 0.717) is 0 Å². The van der Waals surface area contributed by atoms with E-state index in [0.717, 1.165) is 34.1 Å². The van der Waals surface area contributed by atoms with Crippen LogP contribution in [0.2, 0.25) is 19.6 Å². The molecular formula is C59H52N2Si. The Labute approximate surface area is 368 Å². The molecule has 10 rings (SSSR count). The van der Waals surface area contributed by atoms with Gasteiger partial charge >= 0.3 is 0 Å². The molecule has 0 amide bonds. The smallest absolute Gasteiger partial charge is 0.0775 e. The molecule has 0 aliphatic heterocycles. The van der Waals surface area contributed by atoms with Crippen LogP contribution < -0.4 is 15.0 Å². The van der Waals surface area contributed by atoms with Crippen LogP contribution >= 0.6 is 0 Å². The van der Waals surface area contributed by atoms with Crippen molar-refractivity contribution in [3.63, 3.8) is 0 Å². The van der Waals surface area contributed by atoms with Crippen LogP contribution in [0.5, 0.6) is 0 Å². The van der Waals surface area contributed by atoms with Gasteiger partial charge < -0.3 is 9.80 Å². The highest BCUT2D eigenvalue weighted by molar-refractivity contribution is 6.88. The minimum absolute atomic E-state index is 0.644. The minimum Gasteiger partial charge on any atom is -0.310 e. The molecule has 0 atom stereocenters. The number of fused-ring (bicyclic) bond motifs is 5. The van der Waals surface area contributed by atoms with E-state index in [4.69, 9.17) is 0 Å². The second-order valence-corrected chi connectivity index (χ2v) is 23.1. The lowest BCUT2D eigenvalue weighted by Gasteiger charge is -2.36. The van der Waals surface area contributed by atoms with Gasteiger partial charge in [0.2, 0.25) is 0 Å². The van der Waals surface area contributed by atoms with Gasteiger partial charge in [-0.15, -0.1) is 0 Å². The molecule has 1 aliphatic rings. The molecule has 2 nitrogen and oxygen atoms in total. The van der Waals surface area contributed by atoms with Crippen molar-refractivity contribution in [2.75, 3.05) is 9.80 Å². The van der Waals surface area contributed by atoms with Gasteiger partial charge in [0.15, 0.2) is 0 Å². The third-order valence-electron chi connectivity index (χ3n) is 12.9. The van der Waals surface area contributed by atoms with Gasteiger partial charge in [-0.25, -0.2) is 0 Å². The number of nitrogens with zero attached hydrogens (tertiary/aromatic N) is 2. The summed E-state index contributed by atoms with van der Waals surface area (Å²) in [7, 11) is -1.51. The van der Waals surface area contributed by atoms with Crippen molar-refractivity contribution in [1.29, 1.82) is 0 Å². The first-order chi connectivity index (χ1) is 30.1. The third kappa shape index (κ3) is 6.65. The maximum atomic E-state index is 2.52. The van der Waals surface area contributed by atoms with E-state index in [1.54, 1.807) is 0 Å². The van der Waals surface area contributed by atoms with E-state index >= 15 is 0 Å². The van der Waals surface area contributed by atoms with E-state index in [2.05, 4.69) is 256 Å². The first kappa shape index (κ1) is 39.2. The number of anilines is 6. The van der Waals surface area contributed by atoms with Gasteiger partial charge in [-0.2, -0.15) is 0 Å². The van der Waals surface area contributed by atoms with E-state index in [1.807, 2.05) is 0 Å². The van der Waals surface area contributed by atoms with E-state index in [-0.39, 0.29) is 0 Å². The molecule has 0 N–H and O–H groups in total. The summed E-state index contributed by atoms with van der Waals surface area (Å²) in [6.45, 7) is 13.7. The number of benzene rings is 9. The summed E-state index contributed by atoms with van der Waals surface area (Å²) in [6, 6.07) is 77.4. The molecule has 0 unspecified atom stereocenters. The fourth-order valence-electron chi connectivity index (χ4n) is 9.70. The van der Waals surface area contributed by atoms with E-state index in [1.165, 1.54) is 66.0 Å². The fourth-order valence-corrected chi connectivity index (χ4v) is 10.9. The lowest BCUT2D eigenvalue weighted by atomic mass is 9.67. The second kappa shape index (κ2) is 15.5. The molecule has 3 heteroatoms. The molecular weight excluding hydrogens is 765 g/mol. The fraction of sp³-hybridized carbons (Fsp3) is 0.119. The van der Waals surface area contributed by atoms with Crippen molar-refractivity contribution in [1.82, 2.24) is 0 Å². The average molecular weight is 817 g/mol. The van der Waals surface area contributed by atoms with Crippen molar-refractivity contribution in [3.8, 4) is 11.1 Å². The van der Waals surface area contributed by atoms with Crippen LogP contribution in [0.1, 0.15) is 38.9 Å². The molecule has 0 saturated carbocycles. The predicted octanol–water partition coefficient (Wildman–Crippen LogP) is 15.6. The molecule has 0 fully saturated rings. The van der Waals surface area contributed by atoms with Crippen LogP contribution in [-0.2, 0) is 5.41 Å². The molecule has 1 aliphatic carbocycles. The van der Waals surface area contributed by atoms with Crippen molar-refractivity contribution >= 4 is 58.2 Å². The molecule has 0 bridgehead atoms. The van der Waals surface area contributed by atoms with Gasteiger partial charge in [0, 0.05) is 33.8 Å². The highest BCUT2D eigenvalue weighted by Gasteiger charge is 2.48. The Morgan fingerprint density at radius 2 is 0.790 bits per heavy atom. The number of rotatable bonds is 9. The normalized spacial score (nSPS) is 12.8. The highest BCUT2D eigenvalue weighted by Crippen LogP contribution is 2.60. The summed E-state index contributed by atoms with van der Waals surface area (Å²) in [5.41, 5.74) is 17.5. The Morgan fingerprint density at radius 1 is 0.371 bits per heavy atom. The maximum Gasteiger partial charge on any atom is 0.0775 e. The maximum absolute atomic E-state index is 2.52. The Kier molecular flexibility index (Phi) is 9.81. The lowest BCUT2D eigenvalue weighted by molar-refractivity contribution is 0.769. The van der Waals surface area contributed by atoms with Crippen LogP contribution in [0.15, 0.2) is 206 Å². The Bertz CT molecular complexity index is 2950.